The quantitative estimate of drug-likeness (QED) is 0.465. The van der Waals surface area contributed by atoms with Gasteiger partial charge in [-0.05, 0) is 32.4 Å². The standard InChI is InChI=1S/C23H28ClN5O4S/c1-15-16(2)25-14-28(22(15)31)13-19(30)29(8-4-7-27-9-11-33-12-10-27)23-26-20-18(32-3)6-5-17(24)21(20)34-23/h5-6,14H,4,7-13H2,1-3H3. The number of rotatable bonds is 8. The molecule has 3 aromatic rings. The predicted octanol–water partition coefficient (Wildman–Crippen LogP) is 2.89. The van der Waals surface area contributed by atoms with Gasteiger partial charge in [-0.1, -0.05) is 22.9 Å². The Morgan fingerprint density at radius 2 is 2.06 bits per heavy atom. The van der Waals surface area contributed by atoms with Crippen LogP contribution in [0.25, 0.3) is 10.2 Å². The Balaban J connectivity index is 1.62. The van der Waals surface area contributed by atoms with Gasteiger partial charge >= 0.3 is 0 Å². The summed E-state index contributed by atoms with van der Waals surface area (Å²) in [6.07, 6.45) is 2.18. The molecule has 0 atom stereocenters. The molecule has 0 radical (unpaired) electrons. The van der Waals surface area contributed by atoms with Crippen molar-refractivity contribution in [1.29, 1.82) is 0 Å². The van der Waals surface area contributed by atoms with Crippen molar-refractivity contribution < 1.29 is 14.3 Å². The van der Waals surface area contributed by atoms with Crippen molar-refractivity contribution in [2.24, 2.45) is 0 Å². The molecule has 0 unspecified atom stereocenters. The number of aryl methyl sites for hydroxylation is 1. The number of thiazole rings is 1. The van der Waals surface area contributed by atoms with Crippen LogP contribution >= 0.6 is 22.9 Å². The van der Waals surface area contributed by atoms with Crippen LogP contribution in [-0.4, -0.2) is 71.8 Å². The summed E-state index contributed by atoms with van der Waals surface area (Å²) in [7, 11) is 1.58. The van der Waals surface area contributed by atoms with Gasteiger partial charge in [0.15, 0.2) is 5.13 Å². The minimum atomic E-state index is -0.233. The summed E-state index contributed by atoms with van der Waals surface area (Å²) in [6.45, 7) is 7.88. The number of ether oxygens (including phenoxy) is 2. The Morgan fingerprint density at radius 3 is 2.79 bits per heavy atom. The Kier molecular flexibility index (Phi) is 7.82. The molecule has 4 rings (SSSR count). The van der Waals surface area contributed by atoms with Crippen molar-refractivity contribution in [2.45, 2.75) is 26.8 Å². The first-order chi connectivity index (χ1) is 16.4. The van der Waals surface area contributed by atoms with Crippen LogP contribution in [0, 0.1) is 13.8 Å². The number of amides is 1. The first-order valence-corrected chi connectivity index (χ1v) is 12.3. The lowest BCUT2D eigenvalue weighted by Crippen LogP contribution is -2.41. The zero-order chi connectivity index (χ0) is 24.2. The highest BCUT2D eigenvalue weighted by Gasteiger charge is 2.23. The molecule has 1 amide bonds. The minimum absolute atomic E-state index is 0.120. The van der Waals surface area contributed by atoms with E-state index in [0.717, 1.165) is 44.0 Å². The first-order valence-electron chi connectivity index (χ1n) is 11.1. The molecule has 3 heterocycles. The molecule has 1 fully saturated rings. The molecule has 182 valence electrons. The highest BCUT2D eigenvalue weighted by atomic mass is 35.5. The van der Waals surface area contributed by atoms with E-state index in [4.69, 9.17) is 26.1 Å². The molecule has 9 nitrogen and oxygen atoms in total. The molecule has 1 aromatic carbocycles. The maximum atomic E-state index is 13.5. The van der Waals surface area contributed by atoms with Gasteiger partial charge in [0.05, 0.1) is 36.4 Å². The van der Waals surface area contributed by atoms with E-state index in [-0.39, 0.29) is 18.0 Å². The van der Waals surface area contributed by atoms with E-state index >= 15 is 0 Å². The van der Waals surface area contributed by atoms with Gasteiger partial charge < -0.3 is 9.47 Å². The summed E-state index contributed by atoms with van der Waals surface area (Å²) in [6, 6.07) is 3.52. The van der Waals surface area contributed by atoms with E-state index in [0.29, 0.717) is 39.2 Å². The number of methoxy groups -OCH3 is 1. The number of hydrogen-bond donors (Lipinski definition) is 0. The molecule has 1 aliphatic heterocycles. The van der Waals surface area contributed by atoms with Gasteiger partial charge in [0, 0.05) is 37.4 Å². The lowest BCUT2D eigenvalue weighted by atomic mass is 10.2. The lowest BCUT2D eigenvalue weighted by Gasteiger charge is -2.27. The molecule has 1 aliphatic rings. The molecule has 2 aromatic heterocycles. The maximum Gasteiger partial charge on any atom is 0.256 e. The summed E-state index contributed by atoms with van der Waals surface area (Å²) in [5.41, 5.74) is 1.59. The van der Waals surface area contributed by atoms with Crippen molar-refractivity contribution in [3.05, 3.63) is 45.1 Å². The third-order valence-corrected chi connectivity index (χ3v) is 7.52. The smallest absolute Gasteiger partial charge is 0.256 e. The summed E-state index contributed by atoms with van der Waals surface area (Å²) in [5, 5.41) is 1.08. The van der Waals surface area contributed by atoms with Gasteiger partial charge in [0.25, 0.3) is 5.56 Å². The number of aromatic nitrogens is 3. The van der Waals surface area contributed by atoms with Crippen LogP contribution in [0.2, 0.25) is 5.02 Å². The molecule has 11 heteroatoms. The highest BCUT2D eigenvalue weighted by Crippen LogP contribution is 2.38. The van der Waals surface area contributed by atoms with E-state index < -0.39 is 0 Å². The number of morpholine rings is 1. The minimum Gasteiger partial charge on any atom is -0.494 e. The van der Waals surface area contributed by atoms with E-state index in [9.17, 15) is 9.59 Å². The second-order valence-electron chi connectivity index (χ2n) is 8.16. The molecule has 1 saturated heterocycles. The third kappa shape index (κ3) is 5.25. The number of carbonyl (C=O) groups is 1. The molecule has 0 aliphatic carbocycles. The number of fused-ring (bicyclic) bond motifs is 1. The normalized spacial score (nSPS) is 14.5. The van der Waals surface area contributed by atoms with Crippen molar-refractivity contribution in [3.8, 4) is 5.75 Å². The van der Waals surface area contributed by atoms with Gasteiger partial charge in [0.1, 0.15) is 17.8 Å². The second kappa shape index (κ2) is 10.8. The second-order valence-corrected chi connectivity index (χ2v) is 9.55. The Bertz CT molecular complexity index is 1240. The predicted molar refractivity (Wildman–Crippen MR) is 133 cm³/mol. The van der Waals surface area contributed by atoms with Crippen LogP contribution < -0.4 is 15.2 Å². The van der Waals surface area contributed by atoms with Crippen LogP contribution in [-0.2, 0) is 16.1 Å². The SMILES string of the molecule is COc1ccc(Cl)c2sc(N(CCCN3CCOCC3)C(=O)Cn3cnc(C)c(C)c3=O)nc12. The maximum absolute atomic E-state index is 13.5. The largest absolute Gasteiger partial charge is 0.494 e. The van der Waals surface area contributed by atoms with Gasteiger partial charge in [-0.2, -0.15) is 0 Å². The van der Waals surface area contributed by atoms with E-state index in [1.807, 2.05) is 0 Å². The molecular formula is C23H28ClN5O4S. The fraction of sp³-hybridized carbons (Fsp3) is 0.478. The molecule has 0 saturated carbocycles. The molecule has 0 bridgehead atoms. The van der Waals surface area contributed by atoms with Gasteiger partial charge in [0.2, 0.25) is 5.91 Å². The number of nitrogens with zero attached hydrogens (tertiary/aromatic N) is 5. The van der Waals surface area contributed by atoms with Crippen LogP contribution in [0.4, 0.5) is 5.13 Å². The molecular weight excluding hydrogens is 478 g/mol. The summed E-state index contributed by atoms with van der Waals surface area (Å²) in [5.74, 6) is 0.362. The van der Waals surface area contributed by atoms with E-state index in [1.165, 1.54) is 22.2 Å². The molecule has 0 spiro atoms. The third-order valence-electron chi connectivity index (χ3n) is 5.98. The first kappa shape index (κ1) is 24.6. The Hall–Kier alpha value is -2.53. The number of carbonyl (C=O) groups excluding carboxylic acids is 1. The summed E-state index contributed by atoms with van der Waals surface area (Å²) in [4.78, 5) is 39.0. The summed E-state index contributed by atoms with van der Waals surface area (Å²) < 4.78 is 13.0. The van der Waals surface area contributed by atoms with Crippen LogP contribution in [0.3, 0.4) is 0 Å². The monoisotopic (exact) mass is 505 g/mol. The number of halogens is 1. The summed E-state index contributed by atoms with van der Waals surface area (Å²) >= 11 is 7.75. The number of hydrogen-bond acceptors (Lipinski definition) is 8. The fourth-order valence-corrected chi connectivity index (χ4v) is 5.14. The van der Waals surface area contributed by atoms with Crippen LogP contribution in [0.1, 0.15) is 17.7 Å². The zero-order valence-electron chi connectivity index (χ0n) is 19.5. The number of anilines is 1. The topological polar surface area (TPSA) is 89.8 Å². The number of benzene rings is 1. The molecule has 34 heavy (non-hydrogen) atoms. The van der Waals surface area contributed by atoms with Gasteiger partial charge in [-0.25, -0.2) is 9.97 Å². The zero-order valence-corrected chi connectivity index (χ0v) is 21.1. The van der Waals surface area contributed by atoms with Gasteiger partial charge in [-0.3, -0.25) is 24.0 Å². The average molecular weight is 506 g/mol. The van der Waals surface area contributed by atoms with Crippen LogP contribution in [0.15, 0.2) is 23.3 Å². The lowest BCUT2D eigenvalue weighted by molar-refractivity contribution is -0.119. The highest BCUT2D eigenvalue weighted by molar-refractivity contribution is 7.23. The van der Waals surface area contributed by atoms with E-state index in [2.05, 4.69) is 9.88 Å². The van der Waals surface area contributed by atoms with Gasteiger partial charge in [-0.15, -0.1) is 0 Å². The Labute approximate surface area is 206 Å². The van der Waals surface area contributed by atoms with Crippen molar-refractivity contribution in [1.82, 2.24) is 19.4 Å². The Morgan fingerprint density at radius 1 is 1.29 bits per heavy atom. The average Bonchev–Trinajstić information content (AvgIpc) is 3.29. The van der Waals surface area contributed by atoms with E-state index in [1.54, 1.807) is 38.0 Å². The van der Waals surface area contributed by atoms with Crippen LogP contribution in [0.5, 0.6) is 5.75 Å². The van der Waals surface area contributed by atoms with Crippen molar-refractivity contribution >= 4 is 44.2 Å². The molecule has 0 N–H and O–H groups in total. The van der Waals surface area contributed by atoms with Crippen molar-refractivity contribution in [2.75, 3.05) is 51.4 Å². The van der Waals surface area contributed by atoms with Crippen molar-refractivity contribution in [3.63, 3.8) is 0 Å². The fourth-order valence-electron chi connectivity index (χ4n) is 3.85.